The van der Waals surface area contributed by atoms with E-state index >= 15 is 0 Å². The van der Waals surface area contributed by atoms with E-state index in [4.69, 9.17) is 0 Å². The topological polar surface area (TPSA) is 29.1 Å². The third kappa shape index (κ3) is 3.09. The fourth-order valence-corrected chi connectivity index (χ4v) is 2.95. The lowest BCUT2D eigenvalue weighted by Gasteiger charge is -2.38. The average molecular weight is 213 g/mol. The number of rotatable bonds is 3. The Hall–Kier alpha value is -0.360. The number of amides is 1. The smallest absolute Gasteiger partial charge is 0.207 e. The summed E-state index contributed by atoms with van der Waals surface area (Å²) in [4.78, 5) is 10.4. The summed E-state index contributed by atoms with van der Waals surface area (Å²) in [5, 5.41) is 3.11. The first kappa shape index (κ1) is 11.7. The molecule has 80 valence electrons. The van der Waals surface area contributed by atoms with Crippen LogP contribution in [0.3, 0.4) is 0 Å². The first-order chi connectivity index (χ1) is 6.44. The van der Waals surface area contributed by atoms with Crippen LogP contribution in [0.4, 0.5) is 0 Å². The normalized spacial score (nSPS) is 35.1. The van der Waals surface area contributed by atoms with Gasteiger partial charge in [-0.3, -0.25) is 4.79 Å². The van der Waals surface area contributed by atoms with E-state index in [9.17, 15) is 4.79 Å². The van der Waals surface area contributed by atoms with Gasteiger partial charge in [0.15, 0.2) is 0 Å². The fourth-order valence-electron chi connectivity index (χ4n) is 2.35. The van der Waals surface area contributed by atoms with E-state index < -0.39 is 0 Å². The number of hydrogen-bond donors (Lipinski definition) is 1. The van der Waals surface area contributed by atoms with Gasteiger partial charge in [0.2, 0.25) is 6.41 Å². The second-order valence-corrected chi connectivity index (χ2v) is 6.22. The van der Waals surface area contributed by atoms with Crippen LogP contribution in [-0.4, -0.2) is 17.6 Å². The van der Waals surface area contributed by atoms with E-state index in [1.165, 1.54) is 5.57 Å². The molecule has 1 fully saturated rings. The van der Waals surface area contributed by atoms with Crippen LogP contribution in [0.5, 0.6) is 0 Å². The lowest BCUT2D eigenvalue weighted by molar-refractivity contribution is -0.110. The number of allylic oxidation sites excluding steroid dienone is 1. The molecule has 2 nitrogen and oxygen atoms in total. The minimum Gasteiger partial charge on any atom is -0.356 e. The number of hydrogen-bond acceptors (Lipinski definition) is 1. The monoisotopic (exact) mass is 213 g/mol. The number of carbonyl (C=O) groups excluding carboxylic acids is 1. The van der Waals surface area contributed by atoms with Crippen molar-refractivity contribution in [1.29, 1.82) is 0 Å². The Morgan fingerprint density at radius 3 is 2.93 bits per heavy atom. The van der Waals surface area contributed by atoms with Gasteiger partial charge in [0.25, 0.3) is 0 Å². The van der Waals surface area contributed by atoms with Crippen molar-refractivity contribution in [3.8, 4) is 0 Å². The third-order valence-electron chi connectivity index (χ3n) is 2.97. The molecule has 3 heteroatoms. The summed E-state index contributed by atoms with van der Waals surface area (Å²) >= 11 is 0. The summed E-state index contributed by atoms with van der Waals surface area (Å²) in [6.45, 7) is 8.38. The molecule has 1 amide bonds. The summed E-state index contributed by atoms with van der Waals surface area (Å²) in [5.74, 6) is 0.531. The third-order valence-corrected chi connectivity index (χ3v) is 3.41. The van der Waals surface area contributed by atoms with Crippen LogP contribution in [0.15, 0.2) is 12.2 Å². The Bertz CT molecular complexity index is 237. The SMILES string of the molecule is C=C1CC(C(C)NC=O)CC(C)(P)C1. The van der Waals surface area contributed by atoms with Gasteiger partial charge in [-0.15, -0.1) is 9.24 Å². The predicted octanol–water partition coefficient (Wildman–Crippen LogP) is 2.11. The van der Waals surface area contributed by atoms with E-state index in [-0.39, 0.29) is 11.2 Å². The summed E-state index contributed by atoms with van der Waals surface area (Å²) in [7, 11) is 2.92. The highest BCUT2D eigenvalue weighted by atomic mass is 31.0. The molecule has 14 heavy (non-hydrogen) atoms. The van der Waals surface area contributed by atoms with E-state index in [0.717, 1.165) is 25.7 Å². The summed E-state index contributed by atoms with van der Waals surface area (Å²) in [6.07, 6.45) is 4.06. The Kier molecular flexibility index (Phi) is 3.71. The predicted molar refractivity (Wildman–Crippen MR) is 63.3 cm³/mol. The summed E-state index contributed by atoms with van der Waals surface area (Å²) in [6, 6.07) is 0.254. The van der Waals surface area contributed by atoms with Gasteiger partial charge in [-0.25, -0.2) is 0 Å². The Morgan fingerprint density at radius 1 is 1.79 bits per heavy atom. The van der Waals surface area contributed by atoms with Crippen LogP contribution >= 0.6 is 9.24 Å². The van der Waals surface area contributed by atoms with Gasteiger partial charge in [0, 0.05) is 6.04 Å². The molecule has 0 saturated heterocycles. The molecule has 4 atom stereocenters. The Morgan fingerprint density at radius 2 is 2.43 bits per heavy atom. The highest BCUT2D eigenvalue weighted by Gasteiger charge is 2.32. The molecule has 1 aliphatic rings. The van der Waals surface area contributed by atoms with E-state index in [1.807, 2.05) is 0 Å². The average Bonchev–Trinajstić information content (AvgIpc) is 2.00. The van der Waals surface area contributed by atoms with Crippen molar-refractivity contribution in [1.82, 2.24) is 5.32 Å². The minimum atomic E-state index is 0.254. The molecule has 0 bridgehead atoms. The molecular formula is C11H20NOP. The molecule has 0 aliphatic heterocycles. The number of carbonyl (C=O) groups is 1. The second-order valence-electron chi connectivity index (χ2n) is 4.82. The second kappa shape index (κ2) is 4.44. The van der Waals surface area contributed by atoms with Gasteiger partial charge in [-0.2, -0.15) is 0 Å². The van der Waals surface area contributed by atoms with E-state index in [0.29, 0.717) is 5.92 Å². The number of nitrogens with one attached hydrogen (secondary N) is 1. The van der Waals surface area contributed by atoms with Crippen LogP contribution < -0.4 is 5.32 Å². The standard InChI is InChI=1S/C11H20NOP/c1-8-4-10(9(2)12-7-13)6-11(3,14)5-8/h7,9-10H,1,4-6,14H2,2-3H3,(H,12,13). The Balaban J connectivity index is 2.61. The maximum absolute atomic E-state index is 10.4. The first-order valence-corrected chi connectivity index (χ1v) is 5.67. The van der Waals surface area contributed by atoms with E-state index in [1.54, 1.807) is 0 Å². The molecule has 0 aromatic rings. The van der Waals surface area contributed by atoms with Crippen molar-refractivity contribution in [3.05, 3.63) is 12.2 Å². The van der Waals surface area contributed by atoms with Crippen molar-refractivity contribution < 1.29 is 4.79 Å². The maximum Gasteiger partial charge on any atom is 0.207 e. The molecule has 1 N–H and O–H groups in total. The molecule has 0 heterocycles. The van der Waals surface area contributed by atoms with Crippen molar-refractivity contribution >= 4 is 15.6 Å². The van der Waals surface area contributed by atoms with E-state index in [2.05, 4.69) is 35.0 Å². The van der Waals surface area contributed by atoms with Gasteiger partial charge in [0.05, 0.1) is 0 Å². The fraction of sp³-hybridized carbons (Fsp3) is 0.727. The molecular weight excluding hydrogens is 193 g/mol. The van der Waals surface area contributed by atoms with Crippen LogP contribution in [-0.2, 0) is 4.79 Å². The van der Waals surface area contributed by atoms with Crippen LogP contribution in [0.2, 0.25) is 0 Å². The van der Waals surface area contributed by atoms with Gasteiger partial charge >= 0.3 is 0 Å². The molecule has 0 aromatic heterocycles. The van der Waals surface area contributed by atoms with Gasteiger partial charge in [-0.1, -0.05) is 19.1 Å². The Labute approximate surface area is 88.7 Å². The molecule has 0 aromatic carbocycles. The van der Waals surface area contributed by atoms with Gasteiger partial charge < -0.3 is 5.32 Å². The molecule has 1 rings (SSSR count). The zero-order valence-corrected chi connectivity index (χ0v) is 10.2. The summed E-state index contributed by atoms with van der Waals surface area (Å²) < 4.78 is 0. The van der Waals surface area contributed by atoms with Crippen molar-refractivity contribution in [2.75, 3.05) is 0 Å². The zero-order valence-electron chi connectivity index (χ0n) is 9.05. The highest BCUT2D eigenvalue weighted by molar-refractivity contribution is 7.18. The van der Waals surface area contributed by atoms with Gasteiger partial charge in [-0.05, 0) is 37.3 Å². The van der Waals surface area contributed by atoms with Crippen LogP contribution in [0.1, 0.15) is 33.1 Å². The largest absolute Gasteiger partial charge is 0.356 e. The lowest BCUT2D eigenvalue weighted by Crippen LogP contribution is -2.39. The molecule has 4 unspecified atom stereocenters. The van der Waals surface area contributed by atoms with Crippen LogP contribution in [0, 0.1) is 5.92 Å². The molecule has 1 saturated carbocycles. The highest BCUT2D eigenvalue weighted by Crippen LogP contribution is 2.41. The maximum atomic E-state index is 10.4. The molecule has 0 spiro atoms. The minimum absolute atomic E-state index is 0.254. The molecule has 0 radical (unpaired) electrons. The van der Waals surface area contributed by atoms with Gasteiger partial charge in [0.1, 0.15) is 0 Å². The van der Waals surface area contributed by atoms with Crippen molar-refractivity contribution in [2.45, 2.75) is 44.3 Å². The van der Waals surface area contributed by atoms with Crippen molar-refractivity contribution in [2.24, 2.45) is 5.92 Å². The van der Waals surface area contributed by atoms with Crippen LogP contribution in [0.25, 0.3) is 0 Å². The molecule has 1 aliphatic carbocycles. The van der Waals surface area contributed by atoms with Crippen molar-refractivity contribution in [3.63, 3.8) is 0 Å². The first-order valence-electron chi connectivity index (χ1n) is 5.10. The zero-order chi connectivity index (χ0) is 10.8. The lowest BCUT2D eigenvalue weighted by atomic mass is 9.76. The quantitative estimate of drug-likeness (QED) is 0.434. The summed E-state index contributed by atoms with van der Waals surface area (Å²) in [5.41, 5.74) is 1.30.